The van der Waals surface area contributed by atoms with E-state index in [1.165, 1.54) is 34.0 Å². The molecule has 3 aromatic rings. The first-order chi connectivity index (χ1) is 12.5. The monoisotopic (exact) mass is 371 g/mol. The molecule has 0 fully saturated rings. The molecule has 4 rings (SSSR count). The Morgan fingerprint density at radius 2 is 2.31 bits per heavy atom. The van der Waals surface area contributed by atoms with Gasteiger partial charge in [-0.15, -0.1) is 11.3 Å². The molecule has 1 aliphatic rings. The van der Waals surface area contributed by atoms with E-state index in [0.29, 0.717) is 17.0 Å². The Bertz CT molecular complexity index is 1060. The molecule has 0 bridgehead atoms. The number of fused-ring (bicyclic) bond motifs is 3. The average Bonchev–Trinajstić information content (AvgIpc) is 2.95. The van der Waals surface area contributed by atoms with Crippen LogP contribution in [-0.2, 0) is 24.2 Å². The molecule has 0 spiro atoms. The summed E-state index contributed by atoms with van der Waals surface area (Å²) in [4.78, 5) is 31.5. The van der Waals surface area contributed by atoms with Gasteiger partial charge in [-0.05, 0) is 48.9 Å². The minimum Gasteiger partial charge on any atom is -0.324 e. The smallest absolute Gasteiger partial charge is 0.262 e. The molecule has 0 aliphatic heterocycles. The van der Waals surface area contributed by atoms with Gasteiger partial charge < -0.3 is 5.32 Å². The number of halogens is 1. The highest BCUT2D eigenvalue weighted by atomic mass is 32.1. The van der Waals surface area contributed by atoms with Gasteiger partial charge in [0.25, 0.3) is 5.56 Å². The van der Waals surface area contributed by atoms with Gasteiger partial charge in [0.15, 0.2) is 0 Å². The zero-order chi connectivity index (χ0) is 18.3. The maximum absolute atomic E-state index is 13.2. The molecule has 1 N–H and O–H groups in total. The van der Waals surface area contributed by atoms with E-state index in [1.807, 2.05) is 0 Å². The molecule has 1 aromatic carbocycles. The van der Waals surface area contributed by atoms with Crippen LogP contribution in [0.2, 0.25) is 0 Å². The van der Waals surface area contributed by atoms with Gasteiger partial charge in [0.1, 0.15) is 17.2 Å². The Morgan fingerprint density at radius 1 is 1.46 bits per heavy atom. The highest BCUT2D eigenvalue weighted by molar-refractivity contribution is 7.18. The lowest BCUT2D eigenvalue weighted by atomic mass is 9.89. The molecule has 134 valence electrons. The Hall–Kier alpha value is -2.54. The number of thiophene rings is 1. The van der Waals surface area contributed by atoms with Crippen molar-refractivity contribution in [1.82, 2.24) is 9.55 Å². The lowest BCUT2D eigenvalue weighted by Gasteiger charge is -2.17. The maximum atomic E-state index is 13.2. The number of benzene rings is 1. The third kappa shape index (κ3) is 3.14. The van der Waals surface area contributed by atoms with Gasteiger partial charge in [0.2, 0.25) is 5.91 Å². The number of rotatable bonds is 3. The van der Waals surface area contributed by atoms with E-state index in [9.17, 15) is 14.0 Å². The van der Waals surface area contributed by atoms with Crippen LogP contribution in [0.4, 0.5) is 10.1 Å². The van der Waals surface area contributed by atoms with Crippen LogP contribution in [0.1, 0.15) is 23.8 Å². The minimum absolute atomic E-state index is 0.153. The summed E-state index contributed by atoms with van der Waals surface area (Å²) in [5.74, 6) is -0.200. The first kappa shape index (κ1) is 16.9. The van der Waals surface area contributed by atoms with Crippen LogP contribution in [0.3, 0.4) is 0 Å². The normalized spacial score (nSPS) is 16.5. The quantitative estimate of drug-likeness (QED) is 0.768. The lowest BCUT2D eigenvalue weighted by Crippen LogP contribution is -2.28. The molecular formula is C19H18FN3O2S. The fourth-order valence-electron chi connectivity index (χ4n) is 3.40. The predicted molar refractivity (Wildman–Crippen MR) is 100 cm³/mol. The fourth-order valence-corrected chi connectivity index (χ4v) is 4.74. The van der Waals surface area contributed by atoms with Gasteiger partial charge in [-0.25, -0.2) is 9.37 Å². The third-order valence-electron chi connectivity index (χ3n) is 4.70. The van der Waals surface area contributed by atoms with Crippen LogP contribution in [0.5, 0.6) is 0 Å². The summed E-state index contributed by atoms with van der Waals surface area (Å²) in [7, 11) is 0. The Morgan fingerprint density at radius 3 is 3.12 bits per heavy atom. The highest BCUT2D eigenvalue weighted by Gasteiger charge is 2.23. The molecule has 0 radical (unpaired) electrons. The second kappa shape index (κ2) is 6.64. The van der Waals surface area contributed by atoms with Crippen LogP contribution in [0.25, 0.3) is 10.2 Å². The van der Waals surface area contributed by atoms with E-state index in [-0.39, 0.29) is 12.1 Å². The van der Waals surface area contributed by atoms with Crippen molar-refractivity contribution >= 4 is 33.1 Å². The Kier molecular flexibility index (Phi) is 4.32. The number of amides is 1. The molecule has 7 heteroatoms. The topological polar surface area (TPSA) is 64.0 Å². The second-order valence-corrected chi connectivity index (χ2v) is 7.85. The van der Waals surface area contributed by atoms with Crippen molar-refractivity contribution in [2.24, 2.45) is 5.92 Å². The number of nitrogens with zero attached hydrogens (tertiary/aromatic N) is 2. The van der Waals surface area contributed by atoms with Gasteiger partial charge in [0.05, 0.1) is 11.7 Å². The Labute approximate surface area is 153 Å². The fraction of sp³-hybridized carbons (Fsp3) is 0.316. The average molecular weight is 371 g/mol. The van der Waals surface area contributed by atoms with Crippen LogP contribution >= 0.6 is 11.3 Å². The summed E-state index contributed by atoms with van der Waals surface area (Å²) in [6.45, 7) is 2.06. The van der Waals surface area contributed by atoms with Gasteiger partial charge >= 0.3 is 0 Å². The van der Waals surface area contributed by atoms with E-state index in [0.717, 1.165) is 29.7 Å². The first-order valence-electron chi connectivity index (χ1n) is 8.56. The van der Waals surface area contributed by atoms with Crippen molar-refractivity contribution in [2.75, 3.05) is 5.32 Å². The van der Waals surface area contributed by atoms with E-state index < -0.39 is 11.7 Å². The molecule has 0 unspecified atom stereocenters. The molecule has 0 saturated carbocycles. The maximum Gasteiger partial charge on any atom is 0.262 e. The third-order valence-corrected chi connectivity index (χ3v) is 5.87. The number of carbonyl (C=O) groups excluding carboxylic acids is 1. The van der Waals surface area contributed by atoms with Crippen molar-refractivity contribution in [1.29, 1.82) is 0 Å². The second-order valence-electron chi connectivity index (χ2n) is 6.77. The molecule has 5 nitrogen and oxygen atoms in total. The van der Waals surface area contributed by atoms with E-state index in [2.05, 4.69) is 17.2 Å². The summed E-state index contributed by atoms with van der Waals surface area (Å²) in [5.41, 5.74) is 1.27. The number of aromatic nitrogens is 2. The minimum atomic E-state index is -0.429. The molecule has 2 aromatic heterocycles. The van der Waals surface area contributed by atoms with Crippen LogP contribution in [0, 0.1) is 11.7 Å². The molecule has 1 aliphatic carbocycles. The molecular weight excluding hydrogens is 353 g/mol. The van der Waals surface area contributed by atoms with Crippen LogP contribution in [0.15, 0.2) is 35.4 Å². The highest BCUT2D eigenvalue weighted by Crippen LogP contribution is 2.35. The van der Waals surface area contributed by atoms with Crippen molar-refractivity contribution in [3.8, 4) is 0 Å². The van der Waals surface area contributed by atoms with Gasteiger partial charge in [-0.2, -0.15) is 0 Å². The predicted octanol–water partition coefficient (Wildman–Crippen LogP) is 3.36. The molecule has 1 amide bonds. The number of hydrogen-bond acceptors (Lipinski definition) is 4. The lowest BCUT2D eigenvalue weighted by molar-refractivity contribution is -0.116. The van der Waals surface area contributed by atoms with Crippen LogP contribution in [-0.4, -0.2) is 15.5 Å². The standard InChI is InChI=1S/C19H18FN3O2S/c1-11-5-6-14-15(7-11)26-18-17(14)19(25)23(10-21-18)9-16(24)22-13-4-2-3-12(20)8-13/h2-4,8,10-11H,5-7,9H2,1H3,(H,22,24)/t11-/m0/s1. The van der Waals surface area contributed by atoms with Gasteiger partial charge in [-0.1, -0.05) is 13.0 Å². The number of carbonyl (C=O) groups is 1. The number of anilines is 1. The van der Waals surface area contributed by atoms with E-state index in [4.69, 9.17) is 0 Å². The molecule has 26 heavy (non-hydrogen) atoms. The zero-order valence-corrected chi connectivity index (χ0v) is 15.1. The van der Waals surface area contributed by atoms with Gasteiger partial charge in [0, 0.05) is 10.6 Å². The summed E-state index contributed by atoms with van der Waals surface area (Å²) < 4.78 is 14.5. The zero-order valence-electron chi connectivity index (χ0n) is 14.3. The largest absolute Gasteiger partial charge is 0.324 e. The first-order valence-corrected chi connectivity index (χ1v) is 9.38. The molecule has 1 atom stereocenters. The van der Waals surface area contributed by atoms with E-state index in [1.54, 1.807) is 17.4 Å². The van der Waals surface area contributed by atoms with Gasteiger partial charge in [-0.3, -0.25) is 14.2 Å². The van der Waals surface area contributed by atoms with E-state index >= 15 is 0 Å². The number of hydrogen-bond donors (Lipinski definition) is 1. The molecule has 2 heterocycles. The number of aryl methyl sites for hydroxylation is 1. The van der Waals surface area contributed by atoms with Crippen molar-refractivity contribution in [3.63, 3.8) is 0 Å². The Balaban J connectivity index is 1.62. The van der Waals surface area contributed by atoms with Crippen molar-refractivity contribution in [3.05, 3.63) is 57.2 Å². The summed E-state index contributed by atoms with van der Waals surface area (Å²) in [5, 5.41) is 3.26. The summed E-state index contributed by atoms with van der Waals surface area (Å²) >= 11 is 1.58. The van der Waals surface area contributed by atoms with Crippen molar-refractivity contribution in [2.45, 2.75) is 32.7 Å². The summed E-state index contributed by atoms with van der Waals surface area (Å²) in [6.07, 6.45) is 4.34. The molecule has 0 saturated heterocycles. The van der Waals surface area contributed by atoms with Crippen LogP contribution < -0.4 is 10.9 Å². The van der Waals surface area contributed by atoms with Crippen molar-refractivity contribution < 1.29 is 9.18 Å². The SMILES string of the molecule is C[C@H]1CCc2c(sc3ncn(CC(=O)Nc4cccc(F)c4)c(=O)c23)C1. The number of nitrogens with one attached hydrogen (secondary N) is 1. The summed E-state index contributed by atoms with van der Waals surface area (Å²) in [6, 6.07) is 5.65.